The Kier molecular flexibility index (Phi) is 5.41. The van der Waals surface area contributed by atoms with E-state index in [9.17, 15) is 9.18 Å². The first-order valence-corrected chi connectivity index (χ1v) is 7.52. The van der Waals surface area contributed by atoms with Gasteiger partial charge in [0.2, 0.25) is 0 Å². The number of methoxy groups -OCH3 is 1. The summed E-state index contributed by atoms with van der Waals surface area (Å²) >= 11 is 8.28. The molecular formula is C15H12ClFINO2. The standard InChI is InChI=1S/C15H12ClFINO2/c1-21-15(20)11-4-2-9(6-13(11)17)8-19-14-5-3-10(18)7-12(14)16/h2-7,19H,8H2,1H3. The monoisotopic (exact) mass is 419 g/mol. The van der Waals surface area contributed by atoms with E-state index in [0.29, 0.717) is 17.1 Å². The number of ether oxygens (including phenoxy) is 1. The quantitative estimate of drug-likeness (QED) is 0.586. The maximum atomic E-state index is 13.8. The van der Waals surface area contributed by atoms with Gasteiger partial charge in [0.25, 0.3) is 0 Å². The molecule has 0 atom stereocenters. The predicted molar refractivity (Wildman–Crippen MR) is 89.2 cm³/mol. The molecule has 3 nitrogen and oxygen atoms in total. The lowest BCUT2D eigenvalue weighted by atomic mass is 10.1. The van der Waals surface area contributed by atoms with Gasteiger partial charge in [-0.15, -0.1) is 0 Å². The van der Waals surface area contributed by atoms with Crippen LogP contribution in [0.5, 0.6) is 0 Å². The molecule has 6 heteroatoms. The summed E-state index contributed by atoms with van der Waals surface area (Å²) in [6, 6.07) is 10.0. The van der Waals surface area contributed by atoms with Gasteiger partial charge in [-0.2, -0.15) is 0 Å². The lowest BCUT2D eigenvalue weighted by Gasteiger charge is -2.10. The van der Waals surface area contributed by atoms with Crippen LogP contribution < -0.4 is 5.32 Å². The van der Waals surface area contributed by atoms with E-state index >= 15 is 0 Å². The first-order chi connectivity index (χ1) is 10.0. The summed E-state index contributed by atoms with van der Waals surface area (Å²) in [5, 5.41) is 3.73. The molecule has 0 radical (unpaired) electrons. The number of anilines is 1. The fraction of sp³-hybridized carbons (Fsp3) is 0.133. The van der Waals surface area contributed by atoms with Gasteiger partial charge in [0.15, 0.2) is 0 Å². The van der Waals surface area contributed by atoms with Gasteiger partial charge in [0.1, 0.15) is 5.82 Å². The van der Waals surface area contributed by atoms with Crippen LogP contribution in [-0.2, 0) is 11.3 Å². The third-order valence-electron chi connectivity index (χ3n) is 2.85. The van der Waals surface area contributed by atoms with Crippen LogP contribution in [0, 0.1) is 9.39 Å². The summed E-state index contributed by atoms with van der Waals surface area (Å²) in [4.78, 5) is 11.3. The molecule has 0 aromatic heterocycles. The largest absolute Gasteiger partial charge is 0.465 e. The number of hydrogen-bond donors (Lipinski definition) is 1. The molecule has 2 rings (SSSR count). The number of nitrogens with one attached hydrogen (secondary N) is 1. The van der Waals surface area contributed by atoms with Crippen LogP contribution in [0.1, 0.15) is 15.9 Å². The fourth-order valence-electron chi connectivity index (χ4n) is 1.77. The van der Waals surface area contributed by atoms with Crippen molar-refractivity contribution in [2.24, 2.45) is 0 Å². The van der Waals surface area contributed by atoms with Crippen LogP contribution in [0.15, 0.2) is 36.4 Å². The molecule has 21 heavy (non-hydrogen) atoms. The number of benzene rings is 2. The van der Waals surface area contributed by atoms with Gasteiger partial charge in [0, 0.05) is 10.1 Å². The van der Waals surface area contributed by atoms with Crippen molar-refractivity contribution in [3.63, 3.8) is 0 Å². The Bertz CT molecular complexity index is 679. The second-order valence-corrected chi connectivity index (χ2v) is 5.94. The molecule has 1 N–H and O–H groups in total. The summed E-state index contributed by atoms with van der Waals surface area (Å²) in [7, 11) is 1.22. The zero-order chi connectivity index (χ0) is 15.4. The van der Waals surface area contributed by atoms with Crippen molar-refractivity contribution in [1.82, 2.24) is 0 Å². The highest BCUT2D eigenvalue weighted by Gasteiger charge is 2.12. The van der Waals surface area contributed by atoms with Gasteiger partial charge in [-0.3, -0.25) is 0 Å². The van der Waals surface area contributed by atoms with Crippen molar-refractivity contribution in [1.29, 1.82) is 0 Å². The SMILES string of the molecule is COC(=O)c1ccc(CNc2ccc(I)cc2Cl)cc1F. The lowest BCUT2D eigenvalue weighted by Crippen LogP contribution is -2.06. The first kappa shape index (κ1) is 16.0. The minimum atomic E-state index is -0.687. The average molecular weight is 420 g/mol. The Labute approximate surface area is 140 Å². The molecule has 2 aromatic carbocycles. The Morgan fingerprint density at radius 1 is 1.33 bits per heavy atom. The highest BCUT2D eigenvalue weighted by Crippen LogP contribution is 2.24. The van der Waals surface area contributed by atoms with Crippen molar-refractivity contribution in [2.45, 2.75) is 6.54 Å². The molecule has 0 saturated heterocycles. The average Bonchev–Trinajstić information content (AvgIpc) is 2.45. The molecule has 0 spiro atoms. The van der Waals surface area contributed by atoms with E-state index in [1.165, 1.54) is 19.2 Å². The van der Waals surface area contributed by atoms with Crippen LogP contribution in [0.3, 0.4) is 0 Å². The second kappa shape index (κ2) is 7.09. The van der Waals surface area contributed by atoms with E-state index in [1.807, 2.05) is 18.2 Å². The predicted octanol–water partition coefficient (Wildman–Crippen LogP) is 4.48. The lowest BCUT2D eigenvalue weighted by molar-refractivity contribution is 0.0595. The van der Waals surface area contributed by atoms with Crippen LogP contribution >= 0.6 is 34.2 Å². The van der Waals surface area contributed by atoms with E-state index in [0.717, 1.165) is 9.26 Å². The Morgan fingerprint density at radius 3 is 2.71 bits per heavy atom. The molecule has 0 aliphatic heterocycles. The Balaban J connectivity index is 2.10. The molecule has 0 aliphatic carbocycles. The van der Waals surface area contributed by atoms with Crippen LogP contribution in [-0.4, -0.2) is 13.1 Å². The minimum Gasteiger partial charge on any atom is -0.465 e. The molecule has 0 saturated carbocycles. The van der Waals surface area contributed by atoms with Gasteiger partial charge in [-0.05, 0) is 58.5 Å². The molecule has 0 bridgehead atoms. The maximum absolute atomic E-state index is 13.8. The summed E-state index contributed by atoms with van der Waals surface area (Å²) < 4.78 is 19.3. The summed E-state index contributed by atoms with van der Waals surface area (Å²) in [6.07, 6.45) is 0. The van der Waals surface area contributed by atoms with Crippen molar-refractivity contribution in [2.75, 3.05) is 12.4 Å². The number of carbonyl (C=O) groups excluding carboxylic acids is 1. The van der Waals surface area contributed by atoms with Crippen molar-refractivity contribution >= 4 is 45.8 Å². The van der Waals surface area contributed by atoms with E-state index in [1.54, 1.807) is 6.07 Å². The van der Waals surface area contributed by atoms with Crippen molar-refractivity contribution in [3.05, 3.63) is 61.9 Å². The number of rotatable bonds is 4. The zero-order valence-corrected chi connectivity index (χ0v) is 14.0. The Hall–Kier alpha value is -1.34. The van der Waals surface area contributed by atoms with Crippen molar-refractivity contribution in [3.8, 4) is 0 Å². The van der Waals surface area contributed by atoms with Crippen LogP contribution in [0.2, 0.25) is 5.02 Å². The first-order valence-electron chi connectivity index (χ1n) is 6.07. The smallest absolute Gasteiger partial charge is 0.340 e. The number of esters is 1. The summed E-state index contributed by atoms with van der Waals surface area (Å²) in [6.45, 7) is 0.401. The van der Waals surface area contributed by atoms with E-state index < -0.39 is 11.8 Å². The van der Waals surface area contributed by atoms with Crippen LogP contribution in [0.25, 0.3) is 0 Å². The summed E-state index contributed by atoms with van der Waals surface area (Å²) in [5.74, 6) is -1.29. The zero-order valence-electron chi connectivity index (χ0n) is 11.1. The third kappa shape index (κ3) is 4.07. The molecular weight excluding hydrogens is 408 g/mol. The highest BCUT2D eigenvalue weighted by atomic mass is 127. The molecule has 0 aliphatic rings. The number of carbonyl (C=O) groups is 1. The van der Waals surface area contributed by atoms with Gasteiger partial charge in [-0.1, -0.05) is 17.7 Å². The van der Waals surface area contributed by atoms with Gasteiger partial charge in [-0.25, -0.2) is 9.18 Å². The van der Waals surface area contributed by atoms with Crippen LogP contribution in [0.4, 0.5) is 10.1 Å². The van der Waals surface area contributed by atoms with E-state index in [4.69, 9.17) is 11.6 Å². The fourth-order valence-corrected chi connectivity index (χ4v) is 2.70. The van der Waals surface area contributed by atoms with Crippen molar-refractivity contribution < 1.29 is 13.9 Å². The highest BCUT2D eigenvalue weighted by molar-refractivity contribution is 14.1. The molecule has 110 valence electrons. The number of hydrogen-bond acceptors (Lipinski definition) is 3. The van der Waals surface area contributed by atoms with Gasteiger partial charge in [0.05, 0.1) is 23.4 Å². The normalized spacial score (nSPS) is 10.3. The summed E-state index contributed by atoms with van der Waals surface area (Å²) in [5.41, 5.74) is 1.40. The minimum absolute atomic E-state index is 0.0754. The number of halogens is 3. The Morgan fingerprint density at radius 2 is 2.10 bits per heavy atom. The molecule has 2 aromatic rings. The van der Waals surface area contributed by atoms with Gasteiger partial charge < -0.3 is 10.1 Å². The second-order valence-electron chi connectivity index (χ2n) is 4.28. The molecule has 0 amide bonds. The van der Waals surface area contributed by atoms with Gasteiger partial charge >= 0.3 is 5.97 Å². The topological polar surface area (TPSA) is 38.3 Å². The third-order valence-corrected chi connectivity index (χ3v) is 3.84. The molecule has 0 unspecified atom stereocenters. The maximum Gasteiger partial charge on any atom is 0.340 e. The van der Waals surface area contributed by atoms with E-state index in [-0.39, 0.29) is 5.56 Å². The molecule has 0 fully saturated rings. The van der Waals surface area contributed by atoms with E-state index in [2.05, 4.69) is 32.6 Å². The molecule has 0 heterocycles.